The number of benzene rings is 2. The number of nitriles is 1. The summed E-state index contributed by atoms with van der Waals surface area (Å²) in [6.07, 6.45) is 2.51. The van der Waals surface area contributed by atoms with Crippen molar-refractivity contribution < 1.29 is 5.11 Å². The Kier molecular flexibility index (Phi) is 5.37. The van der Waals surface area contributed by atoms with Gasteiger partial charge in [0.1, 0.15) is 5.75 Å². The molecular weight excluding hydrogens is 310 g/mol. The number of hydrogen-bond donors (Lipinski definition) is 2. The van der Waals surface area contributed by atoms with Gasteiger partial charge < -0.3 is 10.4 Å². The number of phenolic OH excluding ortho intramolecular Hbond substituents is 1. The van der Waals surface area contributed by atoms with Crippen LogP contribution in [0.1, 0.15) is 24.8 Å². The number of phenols is 1. The molecule has 0 unspecified atom stereocenters. The van der Waals surface area contributed by atoms with E-state index < -0.39 is 0 Å². The van der Waals surface area contributed by atoms with Crippen LogP contribution in [0.2, 0.25) is 0 Å². The quantitative estimate of drug-likeness (QED) is 0.877. The molecule has 0 saturated carbocycles. The summed E-state index contributed by atoms with van der Waals surface area (Å²) < 4.78 is 0. The van der Waals surface area contributed by atoms with E-state index in [9.17, 15) is 5.11 Å². The third-order valence-electron chi connectivity index (χ3n) is 5.31. The maximum atomic E-state index is 10.4. The molecule has 4 heteroatoms. The number of hydrogen-bond acceptors (Lipinski definition) is 4. The molecule has 1 fully saturated rings. The largest absolute Gasteiger partial charge is 0.507 e. The van der Waals surface area contributed by atoms with Crippen LogP contribution in [0.15, 0.2) is 48.5 Å². The van der Waals surface area contributed by atoms with Gasteiger partial charge in [0, 0.05) is 30.7 Å². The summed E-state index contributed by atoms with van der Waals surface area (Å²) >= 11 is 0. The number of nitrogens with one attached hydrogen (secondary N) is 1. The van der Waals surface area contributed by atoms with Crippen molar-refractivity contribution in [1.29, 1.82) is 5.26 Å². The Morgan fingerprint density at radius 1 is 1.16 bits per heavy atom. The highest BCUT2D eigenvalue weighted by molar-refractivity contribution is 5.70. The molecule has 0 radical (unpaired) electrons. The zero-order valence-corrected chi connectivity index (χ0v) is 14.7. The van der Waals surface area contributed by atoms with E-state index in [4.69, 9.17) is 5.26 Å². The maximum absolute atomic E-state index is 10.4. The highest BCUT2D eigenvalue weighted by Gasteiger charge is 2.32. The van der Waals surface area contributed by atoms with Crippen molar-refractivity contribution in [3.63, 3.8) is 0 Å². The van der Waals surface area contributed by atoms with Crippen molar-refractivity contribution in [3.8, 4) is 22.9 Å². The van der Waals surface area contributed by atoms with Crippen LogP contribution >= 0.6 is 0 Å². The average Bonchev–Trinajstić information content (AvgIpc) is 2.64. The lowest BCUT2D eigenvalue weighted by atomic mass is 9.85. The smallest absolute Gasteiger partial charge is 0.123 e. The van der Waals surface area contributed by atoms with Crippen molar-refractivity contribution in [2.75, 3.05) is 20.1 Å². The van der Waals surface area contributed by atoms with E-state index in [-0.39, 0.29) is 5.54 Å². The van der Waals surface area contributed by atoms with E-state index in [2.05, 4.69) is 22.4 Å². The average molecular weight is 335 g/mol. The summed E-state index contributed by atoms with van der Waals surface area (Å²) in [5, 5.41) is 22.8. The molecule has 2 aromatic carbocycles. The number of nitrogens with zero attached hydrogens (tertiary/aromatic N) is 2. The van der Waals surface area contributed by atoms with Crippen molar-refractivity contribution in [2.45, 2.75) is 31.3 Å². The molecule has 1 heterocycles. The molecule has 2 N–H and O–H groups in total. The summed E-state index contributed by atoms with van der Waals surface area (Å²) in [6.45, 7) is 2.75. The van der Waals surface area contributed by atoms with Gasteiger partial charge in [0.25, 0.3) is 0 Å². The van der Waals surface area contributed by atoms with Gasteiger partial charge in [0.15, 0.2) is 0 Å². The summed E-state index contributed by atoms with van der Waals surface area (Å²) in [4.78, 5) is 2.39. The molecule has 0 atom stereocenters. The fourth-order valence-corrected chi connectivity index (χ4v) is 3.60. The van der Waals surface area contributed by atoms with Crippen LogP contribution in [-0.4, -0.2) is 35.7 Å². The van der Waals surface area contributed by atoms with Crippen LogP contribution in [0.4, 0.5) is 0 Å². The molecule has 0 aliphatic carbocycles. The number of aromatic hydroxyl groups is 1. The number of likely N-dealkylation sites (tertiary alicyclic amines) is 1. The van der Waals surface area contributed by atoms with Gasteiger partial charge in [-0.3, -0.25) is 4.90 Å². The predicted molar refractivity (Wildman–Crippen MR) is 100 cm³/mol. The first-order valence-corrected chi connectivity index (χ1v) is 8.81. The normalized spacial score (nSPS) is 17.1. The molecule has 1 aliphatic heterocycles. The molecule has 1 aliphatic rings. The zero-order chi connectivity index (χ0) is 17.7. The van der Waals surface area contributed by atoms with Gasteiger partial charge in [-0.15, -0.1) is 0 Å². The molecule has 0 amide bonds. The standard InChI is InChI=1S/C21H25N3O/c1-23-21(9-12-22)10-13-24(14-11-21)16-17-7-8-19(20(25)15-17)18-5-3-2-4-6-18/h2-8,15,23,25H,9-11,13-14,16H2,1H3. The van der Waals surface area contributed by atoms with Gasteiger partial charge in [-0.2, -0.15) is 5.26 Å². The fraction of sp³-hybridized carbons (Fsp3) is 0.381. The van der Waals surface area contributed by atoms with E-state index in [1.54, 1.807) is 0 Å². The first-order valence-electron chi connectivity index (χ1n) is 8.81. The first kappa shape index (κ1) is 17.5. The predicted octanol–water partition coefficient (Wildman–Crippen LogP) is 3.53. The Bertz CT molecular complexity index is 743. The minimum Gasteiger partial charge on any atom is -0.507 e. The van der Waals surface area contributed by atoms with Crippen molar-refractivity contribution >= 4 is 0 Å². The van der Waals surface area contributed by atoms with Crippen molar-refractivity contribution in [3.05, 3.63) is 54.1 Å². The van der Waals surface area contributed by atoms with E-state index in [0.29, 0.717) is 12.2 Å². The van der Waals surface area contributed by atoms with Gasteiger partial charge in [-0.1, -0.05) is 42.5 Å². The first-order chi connectivity index (χ1) is 12.2. The van der Waals surface area contributed by atoms with Gasteiger partial charge in [-0.25, -0.2) is 0 Å². The topological polar surface area (TPSA) is 59.3 Å². The number of rotatable bonds is 5. The lowest BCUT2D eigenvalue weighted by Gasteiger charge is -2.40. The van der Waals surface area contributed by atoms with Gasteiger partial charge in [0.2, 0.25) is 0 Å². The molecule has 3 rings (SSSR count). The SMILES string of the molecule is CNC1(CC#N)CCN(Cc2ccc(-c3ccccc3)c(O)c2)CC1. The van der Waals surface area contributed by atoms with Crippen molar-refractivity contribution in [1.82, 2.24) is 10.2 Å². The summed E-state index contributed by atoms with van der Waals surface area (Å²) in [5.41, 5.74) is 2.98. The molecular formula is C21H25N3O. The van der Waals surface area contributed by atoms with E-state index in [1.807, 2.05) is 49.5 Å². The van der Waals surface area contributed by atoms with Crippen LogP contribution < -0.4 is 5.32 Å². The van der Waals surface area contributed by atoms with Gasteiger partial charge in [0.05, 0.1) is 12.5 Å². The minimum atomic E-state index is -0.0371. The fourth-order valence-electron chi connectivity index (χ4n) is 3.60. The third-order valence-corrected chi connectivity index (χ3v) is 5.31. The Morgan fingerprint density at radius 3 is 2.48 bits per heavy atom. The van der Waals surface area contributed by atoms with Crippen LogP contribution in [-0.2, 0) is 6.54 Å². The maximum Gasteiger partial charge on any atom is 0.123 e. The van der Waals surface area contributed by atoms with Gasteiger partial charge in [-0.05, 0) is 37.1 Å². The number of piperidine rings is 1. The monoisotopic (exact) mass is 335 g/mol. The second-order valence-corrected chi connectivity index (χ2v) is 6.86. The summed E-state index contributed by atoms with van der Waals surface area (Å²) in [5.74, 6) is 0.328. The Labute approximate surface area is 149 Å². The molecule has 0 aromatic heterocycles. The second-order valence-electron chi connectivity index (χ2n) is 6.86. The Hall–Kier alpha value is -2.35. The van der Waals surface area contributed by atoms with Crippen LogP contribution in [0, 0.1) is 11.3 Å². The Balaban J connectivity index is 1.65. The van der Waals surface area contributed by atoms with Gasteiger partial charge >= 0.3 is 0 Å². The Morgan fingerprint density at radius 2 is 1.88 bits per heavy atom. The van der Waals surface area contributed by atoms with Crippen LogP contribution in [0.25, 0.3) is 11.1 Å². The van der Waals surface area contributed by atoms with Crippen molar-refractivity contribution in [2.24, 2.45) is 0 Å². The van der Waals surface area contributed by atoms with Crippen LogP contribution in [0.5, 0.6) is 5.75 Å². The highest BCUT2D eigenvalue weighted by Crippen LogP contribution is 2.31. The van der Waals surface area contributed by atoms with Crippen LogP contribution in [0.3, 0.4) is 0 Å². The summed E-state index contributed by atoms with van der Waals surface area (Å²) in [7, 11) is 1.95. The summed E-state index contributed by atoms with van der Waals surface area (Å²) in [6, 6.07) is 18.2. The molecule has 130 valence electrons. The highest BCUT2D eigenvalue weighted by atomic mass is 16.3. The van der Waals surface area contributed by atoms with E-state index in [0.717, 1.165) is 49.2 Å². The lowest BCUT2D eigenvalue weighted by molar-refractivity contribution is 0.137. The minimum absolute atomic E-state index is 0.0371. The van der Waals surface area contributed by atoms with E-state index in [1.165, 1.54) is 0 Å². The molecule has 4 nitrogen and oxygen atoms in total. The molecule has 0 spiro atoms. The third kappa shape index (κ3) is 4.01. The molecule has 2 aromatic rings. The van der Waals surface area contributed by atoms with E-state index >= 15 is 0 Å². The second kappa shape index (κ2) is 7.69. The lowest BCUT2D eigenvalue weighted by Crippen LogP contribution is -2.51. The molecule has 1 saturated heterocycles. The molecule has 25 heavy (non-hydrogen) atoms. The zero-order valence-electron chi connectivity index (χ0n) is 14.7. The molecule has 0 bridgehead atoms.